The summed E-state index contributed by atoms with van der Waals surface area (Å²) >= 11 is 0. The summed E-state index contributed by atoms with van der Waals surface area (Å²) < 4.78 is 5.02. The van der Waals surface area contributed by atoms with Crippen LogP contribution in [0, 0.1) is 12.8 Å². The lowest BCUT2D eigenvalue weighted by atomic mass is 10.2. The lowest BCUT2D eigenvalue weighted by Gasteiger charge is -2.02. The van der Waals surface area contributed by atoms with E-state index in [1.807, 2.05) is 6.92 Å². The molecule has 2 N–H and O–H groups in total. The molecule has 0 atom stereocenters. The standard InChI is InChI=1S/C10H13N5O2/c1-5(2)9(16)12-10-11-8(13-14-10)7-4-6(3)15-17-7/h4-5H,1-3H3,(H2,11,12,13,14,16). The zero-order valence-corrected chi connectivity index (χ0v) is 9.81. The number of rotatable bonds is 3. The Bertz CT molecular complexity index is 528. The van der Waals surface area contributed by atoms with Crippen LogP contribution in [0.4, 0.5) is 5.95 Å². The molecule has 0 aliphatic heterocycles. The SMILES string of the molecule is Cc1cc(-c2nnc(NC(=O)C(C)C)[nH]2)on1. The van der Waals surface area contributed by atoms with Crippen molar-refractivity contribution in [3.05, 3.63) is 11.8 Å². The highest BCUT2D eigenvalue weighted by Gasteiger charge is 2.13. The molecule has 90 valence electrons. The van der Waals surface area contributed by atoms with Crippen molar-refractivity contribution >= 4 is 11.9 Å². The van der Waals surface area contributed by atoms with Crippen molar-refractivity contribution in [2.24, 2.45) is 5.92 Å². The first kappa shape index (κ1) is 11.3. The molecule has 0 bridgehead atoms. The predicted octanol–water partition coefficient (Wildman–Crippen LogP) is 1.36. The van der Waals surface area contributed by atoms with Crippen molar-refractivity contribution in [1.82, 2.24) is 20.3 Å². The first-order chi connectivity index (χ1) is 8.06. The Morgan fingerprint density at radius 3 is 2.82 bits per heavy atom. The number of nitrogens with one attached hydrogen (secondary N) is 2. The summed E-state index contributed by atoms with van der Waals surface area (Å²) in [6, 6.07) is 1.73. The van der Waals surface area contributed by atoms with E-state index in [4.69, 9.17) is 4.52 Å². The predicted molar refractivity (Wildman–Crippen MR) is 60.1 cm³/mol. The van der Waals surface area contributed by atoms with E-state index >= 15 is 0 Å². The maximum Gasteiger partial charge on any atom is 0.229 e. The summed E-state index contributed by atoms with van der Waals surface area (Å²) in [4.78, 5) is 14.3. The van der Waals surface area contributed by atoms with Gasteiger partial charge in [0.15, 0.2) is 0 Å². The lowest BCUT2D eigenvalue weighted by Crippen LogP contribution is -2.18. The van der Waals surface area contributed by atoms with E-state index in [1.54, 1.807) is 19.9 Å². The molecule has 2 aromatic heterocycles. The molecule has 7 nitrogen and oxygen atoms in total. The van der Waals surface area contributed by atoms with Crippen LogP contribution in [-0.2, 0) is 4.79 Å². The number of aromatic nitrogens is 4. The first-order valence-electron chi connectivity index (χ1n) is 5.23. The number of aryl methyl sites for hydroxylation is 1. The van der Waals surface area contributed by atoms with Crippen LogP contribution in [0.1, 0.15) is 19.5 Å². The molecule has 0 radical (unpaired) electrons. The molecule has 0 fully saturated rings. The summed E-state index contributed by atoms with van der Waals surface area (Å²) in [7, 11) is 0. The number of hydrogen-bond donors (Lipinski definition) is 2. The van der Waals surface area contributed by atoms with Gasteiger partial charge in [-0.3, -0.25) is 10.1 Å². The van der Waals surface area contributed by atoms with Gasteiger partial charge in [-0.05, 0) is 6.92 Å². The van der Waals surface area contributed by atoms with Crippen molar-refractivity contribution in [1.29, 1.82) is 0 Å². The van der Waals surface area contributed by atoms with E-state index in [0.29, 0.717) is 17.5 Å². The molecule has 0 unspecified atom stereocenters. The molecule has 1 amide bonds. The second-order valence-corrected chi connectivity index (χ2v) is 4.00. The van der Waals surface area contributed by atoms with E-state index in [0.717, 1.165) is 5.69 Å². The smallest absolute Gasteiger partial charge is 0.229 e. The van der Waals surface area contributed by atoms with E-state index in [9.17, 15) is 4.79 Å². The third-order valence-electron chi connectivity index (χ3n) is 2.11. The summed E-state index contributed by atoms with van der Waals surface area (Å²) in [5.41, 5.74) is 0.754. The molecule has 7 heteroatoms. The van der Waals surface area contributed by atoms with Gasteiger partial charge in [0.2, 0.25) is 23.4 Å². The average Bonchev–Trinajstić information content (AvgIpc) is 2.86. The summed E-state index contributed by atoms with van der Waals surface area (Å²) in [5.74, 6) is 0.981. The summed E-state index contributed by atoms with van der Waals surface area (Å²) in [6.07, 6.45) is 0. The van der Waals surface area contributed by atoms with Crippen molar-refractivity contribution < 1.29 is 9.32 Å². The van der Waals surface area contributed by atoms with Crippen molar-refractivity contribution in [3.8, 4) is 11.6 Å². The molecule has 2 heterocycles. The van der Waals surface area contributed by atoms with Crippen LogP contribution in [0.2, 0.25) is 0 Å². The molecule has 0 aliphatic rings. The maximum atomic E-state index is 11.4. The number of H-pyrrole nitrogens is 1. The Balaban J connectivity index is 2.14. The number of carbonyl (C=O) groups excluding carboxylic acids is 1. The minimum absolute atomic E-state index is 0.115. The molecule has 0 saturated heterocycles. The molecule has 2 aromatic rings. The second kappa shape index (κ2) is 4.36. The van der Waals surface area contributed by atoms with Gasteiger partial charge in [0.05, 0.1) is 5.69 Å². The monoisotopic (exact) mass is 235 g/mol. The van der Waals surface area contributed by atoms with Gasteiger partial charge in [-0.25, -0.2) is 0 Å². The van der Waals surface area contributed by atoms with Crippen LogP contribution >= 0.6 is 0 Å². The number of amides is 1. The Labute approximate surface area is 97.6 Å². The van der Waals surface area contributed by atoms with Crippen LogP contribution in [-0.4, -0.2) is 26.2 Å². The van der Waals surface area contributed by atoms with Gasteiger partial charge in [0.25, 0.3) is 0 Å². The fourth-order valence-electron chi connectivity index (χ4n) is 1.17. The minimum Gasteiger partial charge on any atom is -0.353 e. The summed E-state index contributed by atoms with van der Waals surface area (Å²) in [6.45, 7) is 5.41. The third kappa shape index (κ3) is 2.49. The molecule has 17 heavy (non-hydrogen) atoms. The van der Waals surface area contributed by atoms with Crippen LogP contribution in [0.25, 0.3) is 11.6 Å². The molecular weight excluding hydrogens is 222 g/mol. The van der Waals surface area contributed by atoms with Gasteiger partial charge >= 0.3 is 0 Å². The quantitative estimate of drug-likeness (QED) is 0.837. The summed E-state index contributed by atoms with van der Waals surface area (Å²) in [5, 5.41) is 14.0. The van der Waals surface area contributed by atoms with Gasteiger partial charge in [0, 0.05) is 12.0 Å². The highest BCUT2D eigenvalue weighted by atomic mass is 16.5. The van der Waals surface area contributed by atoms with Gasteiger partial charge in [-0.15, -0.1) is 10.2 Å². The van der Waals surface area contributed by atoms with Gasteiger partial charge in [0.1, 0.15) is 0 Å². The van der Waals surface area contributed by atoms with E-state index < -0.39 is 0 Å². The highest BCUT2D eigenvalue weighted by molar-refractivity contribution is 5.90. The first-order valence-corrected chi connectivity index (χ1v) is 5.23. The van der Waals surface area contributed by atoms with Crippen molar-refractivity contribution in [2.45, 2.75) is 20.8 Å². The van der Waals surface area contributed by atoms with Crippen molar-refractivity contribution in [3.63, 3.8) is 0 Å². The molecule has 0 aromatic carbocycles. The Morgan fingerprint density at radius 2 is 2.24 bits per heavy atom. The fraction of sp³-hybridized carbons (Fsp3) is 0.400. The second-order valence-electron chi connectivity index (χ2n) is 4.00. The van der Waals surface area contributed by atoms with E-state index in [-0.39, 0.29) is 11.8 Å². The Hall–Kier alpha value is -2.18. The van der Waals surface area contributed by atoms with Crippen LogP contribution in [0.5, 0.6) is 0 Å². The zero-order chi connectivity index (χ0) is 12.4. The average molecular weight is 235 g/mol. The number of nitrogens with zero attached hydrogens (tertiary/aromatic N) is 3. The number of hydrogen-bond acceptors (Lipinski definition) is 5. The molecule has 0 aliphatic carbocycles. The molecular formula is C10H13N5O2. The highest BCUT2D eigenvalue weighted by Crippen LogP contribution is 2.16. The Kier molecular flexibility index (Phi) is 2.90. The van der Waals surface area contributed by atoms with Crippen LogP contribution < -0.4 is 5.32 Å². The normalized spacial score (nSPS) is 10.8. The van der Waals surface area contributed by atoms with Crippen LogP contribution in [0.15, 0.2) is 10.6 Å². The number of carbonyl (C=O) groups is 1. The lowest BCUT2D eigenvalue weighted by molar-refractivity contribution is -0.118. The minimum atomic E-state index is -0.124. The van der Waals surface area contributed by atoms with Crippen LogP contribution in [0.3, 0.4) is 0 Å². The topological polar surface area (TPSA) is 96.7 Å². The van der Waals surface area contributed by atoms with Gasteiger partial charge < -0.3 is 9.51 Å². The third-order valence-corrected chi connectivity index (χ3v) is 2.11. The van der Waals surface area contributed by atoms with E-state index in [2.05, 4.69) is 25.7 Å². The Morgan fingerprint density at radius 1 is 1.47 bits per heavy atom. The van der Waals surface area contributed by atoms with Gasteiger partial charge in [-0.1, -0.05) is 19.0 Å². The molecule has 0 spiro atoms. The molecule has 2 rings (SSSR count). The van der Waals surface area contributed by atoms with E-state index in [1.165, 1.54) is 0 Å². The van der Waals surface area contributed by atoms with Gasteiger partial charge in [-0.2, -0.15) is 0 Å². The van der Waals surface area contributed by atoms with Crippen molar-refractivity contribution in [2.75, 3.05) is 5.32 Å². The number of anilines is 1. The maximum absolute atomic E-state index is 11.4. The largest absolute Gasteiger partial charge is 0.353 e. The fourth-order valence-corrected chi connectivity index (χ4v) is 1.17. The number of aromatic amines is 1. The zero-order valence-electron chi connectivity index (χ0n) is 9.81. The molecule has 0 saturated carbocycles.